The average Bonchev–Trinajstić information content (AvgIpc) is 1.85. The highest BCUT2D eigenvalue weighted by Gasteiger charge is 1.99. The summed E-state index contributed by atoms with van der Waals surface area (Å²) in [5, 5.41) is 1.10. The maximum absolute atomic E-state index is 5.36. The molecular weight excluding hydrogens is 246 g/mol. The fraction of sp³-hybridized carbons (Fsp3) is 1.00. The molecule has 0 radical (unpaired) electrons. The van der Waals surface area contributed by atoms with Crippen LogP contribution in [0.4, 0.5) is 0 Å². The van der Waals surface area contributed by atoms with Gasteiger partial charge in [-0.05, 0) is 25.8 Å². The first-order valence-electron chi connectivity index (χ1n) is 3.21. The molecule has 1 atom stereocenters. The van der Waals surface area contributed by atoms with Gasteiger partial charge < -0.3 is 5.73 Å². The van der Waals surface area contributed by atoms with Gasteiger partial charge in [0.1, 0.15) is 0 Å². The van der Waals surface area contributed by atoms with E-state index in [0.717, 1.165) is 18.3 Å². The average molecular weight is 259 g/mol. The molecule has 0 aromatic rings. The van der Waals surface area contributed by atoms with Gasteiger partial charge in [-0.25, -0.2) is 0 Å². The van der Waals surface area contributed by atoms with E-state index in [0.29, 0.717) is 4.83 Å². The van der Waals surface area contributed by atoms with Crippen molar-refractivity contribution in [2.24, 2.45) is 5.73 Å². The zero-order valence-electron chi connectivity index (χ0n) is 5.45. The van der Waals surface area contributed by atoms with Gasteiger partial charge in [-0.15, -0.1) is 0 Å². The maximum Gasteiger partial charge on any atom is 0.0158 e. The minimum absolute atomic E-state index is 0.625. The van der Waals surface area contributed by atoms with Crippen molar-refractivity contribution in [1.29, 1.82) is 0 Å². The van der Waals surface area contributed by atoms with E-state index in [1.54, 1.807) is 0 Å². The number of hydrogen-bond donors (Lipinski definition) is 1. The summed E-state index contributed by atoms with van der Waals surface area (Å²) in [6.45, 7) is 0.790. The molecule has 0 aliphatic carbocycles. The molecular formula is C6H13Br2N. The van der Waals surface area contributed by atoms with Crippen molar-refractivity contribution in [3.63, 3.8) is 0 Å². The van der Waals surface area contributed by atoms with Gasteiger partial charge >= 0.3 is 0 Å². The summed E-state index contributed by atoms with van der Waals surface area (Å²) in [4.78, 5) is 0.625. The molecule has 0 aromatic carbocycles. The van der Waals surface area contributed by atoms with Crippen LogP contribution in [0.2, 0.25) is 0 Å². The fourth-order valence-corrected chi connectivity index (χ4v) is 1.54. The molecule has 9 heavy (non-hydrogen) atoms. The van der Waals surface area contributed by atoms with Crippen LogP contribution in [-0.4, -0.2) is 16.7 Å². The molecule has 3 heteroatoms. The van der Waals surface area contributed by atoms with Crippen molar-refractivity contribution in [2.75, 3.05) is 11.9 Å². The Morgan fingerprint density at radius 2 is 2.00 bits per heavy atom. The SMILES string of the molecule is NCCC(Br)CCCBr. The van der Waals surface area contributed by atoms with Crippen LogP contribution >= 0.6 is 31.9 Å². The molecule has 0 aliphatic heterocycles. The van der Waals surface area contributed by atoms with Gasteiger partial charge in [0.25, 0.3) is 0 Å². The third-order valence-corrected chi connectivity index (χ3v) is 2.61. The smallest absolute Gasteiger partial charge is 0.0158 e. The molecule has 1 nitrogen and oxygen atoms in total. The highest BCUT2D eigenvalue weighted by molar-refractivity contribution is 9.09. The zero-order valence-corrected chi connectivity index (χ0v) is 8.62. The van der Waals surface area contributed by atoms with Gasteiger partial charge in [0.05, 0.1) is 0 Å². The van der Waals surface area contributed by atoms with Crippen LogP contribution in [0.5, 0.6) is 0 Å². The second-order valence-electron chi connectivity index (χ2n) is 2.01. The minimum atomic E-state index is 0.625. The summed E-state index contributed by atoms with van der Waals surface area (Å²) >= 11 is 6.92. The molecule has 0 spiro atoms. The Kier molecular flexibility index (Phi) is 7.75. The normalized spacial score (nSPS) is 13.7. The molecule has 56 valence electrons. The van der Waals surface area contributed by atoms with Gasteiger partial charge in [0.2, 0.25) is 0 Å². The van der Waals surface area contributed by atoms with E-state index in [1.807, 2.05) is 0 Å². The lowest BCUT2D eigenvalue weighted by molar-refractivity contribution is 0.706. The number of hydrogen-bond acceptors (Lipinski definition) is 1. The molecule has 0 bridgehead atoms. The van der Waals surface area contributed by atoms with Gasteiger partial charge in [0.15, 0.2) is 0 Å². The van der Waals surface area contributed by atoms with Gasteiger partial charge in [-0.1, -0.05) is 31.9 Å². The first-order chi connectivity index (χ1) is 4.31. The van der Waals surface area contributed by atoms with E-state index in [9.17, 15) is 0 Å². The van der Waals surface area contributed by atoms with Crippen LogP contribution in [0.15, 0.2) is 0 Å². The minimum Gasteiger partial charge on any atom is -0.330 e. The Morgan fingerprint density at radius 1 is 1.33 bits per heavy atom. The third kappa shape index (κ3) is 6.81. The summed E-state index contributed by atoms with van der Waals surface area (Å²) < 4.78 is 0. The predicted molar refractivity (Wildman–Crippen MR) is 49.4 cm³/mol. The summed E-state index contributed by atoms with van der Waals surface area (Å²) in [5.41, 5.74) is 5.36. The standard InChI is InChI=1S/C6H13Br2N/c7-4-1-2-6(8)3-5-9/h6H,1-5,9H2. The van der Waals surface area contributed by atoms with Crippen molar-refractivity contribution >= 4 is 31.9 Å². The quantitative estimate of drug-likeness (QED) is 0.753. The first-order valence-corrected chi connectivity index (χ1v) is 5.25. The number of halogens is 2. The Hall–Kier alpha value is 0.920. The highest BCUT2D eigenvalue weighted by Crippen LogP contribution is 2.11. The Labute approximate surface area is 73.6 Å². The van der Waals surface area contributed by atoms with E-state index in [1.165, 1.54) is 12.8 Å². The summed E-state index contributed by atoms with van der Waals surface area (Å²) in [5.74, 6) is 0. The lowest BCUT2D eigenvalue weighted by Gasteiger charge is -2.04. The molecule has 0 fully saturated rings. The summed E-state index contributed by atoms with van der Waals surface area (Å²) in [6, 6.07) is 0. The summed E-state index contributed by atoms with van der Waals surface area (Å²) in [7, 11) is 0. The number of rotatable bonds is 5. The second kappa shape index (κ2) is 7.03. The van der Waals surface area contributed by atoms with Gasteiger partial charge in [-0.3, -0.25) is 0 Å². The fourth-order valence-electron chi connectivity index (χ4n) is 0.624. The summed E-state index contributed by atoms with van der Waals surface area (Å²) in [6.07, 6.45) is 3.55. The zero-order chi connectivity index (χ0) is 7.11. The maximum atomic E-state index is 5.36. The number of alkyl halides is 2. The Morgan fingerprint density at radius 3 is 2.44 bits per heavy atom. The van der Waals surface area contributed by atoms with Gasteiger partial charge in [-0.2, -0.15) is 0 Å². The molecule has 0 aliphatic rings. The van der Waals surface area contributed by atoms with Crippen molar-refractivity contribution in [3.05, 3.63) is 0 Å². The lowest BCUT2D eigenvalue weighted by Crippen LogP contribution is -2.07. The molecule has 1 unspecified atom stereocenters. The molecule has 0 rings (SSSR count). The van der Waals surface area contributed by atoms with Crippen LogP contribution in [0.25, 0.3) is 0 Å². The van der Waals surface area contributed by atoms with Crippen molar-refractivity contribution < 1.29 is 0 Å². The van der Waals surface area contributed by atoms with Crippen molar-refractivity contribution in [3.8, 4) is 0 Å². The third-order valence-electron chi connectivity index (χ3n) is 1.13. The first kappa shape index (κ1) is 9.92. The van der Waals surface area contributed by atoms with E-state index in [-0.39, 0.29) is 0 Å². The van der Waals surface area contributed by atoms with Crippen molar-refractivity contribution in [1.82, 2.24) is 0 Å². The molecule has 0 amide bonds. The number of nitrogens with two attached hydrogens (primary N) is 1. The van der Waals surface area contributed by atoms with Crippen molar-refractivity contribution in [2.45, 2.75) is 24.1 Å². The van der Waals surface area contributed by atoms with E-state index in [2.05, 4.69) is 31.9 Å². The largest absolute Gasteiger partial charge is 0.330 e. The van der Waals surface area contributed by atoms with Gasteiger partial charge in [0, 0.05) is 10.2 Å². The lowest BCUT2D eigenvalue weighted by atomic mass is 10.2. The van der Waals surface area contributed by atoms with Crippen LogP contribution in [0.1, 0.15) is 19.3 Å². The molecule has 0 aromatic heterocycles. The second-order valence-corrected chi connectivity index (χ2v) is 4.09. The topological polar surface area (TPSA) is 26.0 Å². The van der Waals surface area contributed by atoms with Crippen LogP contribution in [0.3, 0.4) is 0 Å². The monoisotopic (exact) mass is 257 g/mol. The Balaban J connectivity index is 2.95. The molecule has 0 saturated heterocycles. The highest BCUT2D eigenvalue weighted by atomic mass is 79.9. The Bertz CT molecular complexity index is 59.0. The van der Waals surface area contributed by atoms with Crippen LogP contribution in [0, 0.1) is 0 Å². The molecule has 0 heterocycles. The van der Waals surface area contributed by atoms with Crippen LogP contribution in [-0.2, 0) is 0 Å². The molecule has 0 saturated carbocycles. The predicted octanol–water partition coefficient (Wildman–Crippen LogP) is 2.27. The van der Waals surface area contributed by atoms with E-state index in [4.69, 9.17) is 5.73 Å². The van der Waals surface area contributed by atoms with Crippen LogP contribution < -0.4 is 5.73 Å². The van der Waals surface area contributed by atoms with E-state index < -0.39 is 0 Å². The van der Waals surface area contributed by atoms with E-state index >= 15 is 0 Å². The molecule has 2 N–H and O–H groups in total.